The second-order valence-electron chi connectivity index (χ2n) is 7.56. The van der Waals surface area contributed by atoms with Crippen LogP contribution < -0.4 is 0 Å². The number of hydrogen-bond acceptors (Lipinski definition) is 9. The minimum absolute atomic E-state index is 0.168. The van der Waals surface area contributed by atoms with Gasteiger partial charge < -0.3 is 9.05 Å². The highest BCUT2D eigenvalue weighted by Crippen LogP contribution is 2.59. The van der Waals surface area contributed by atoms with Gasteiger partial charge in [-0.25, -0.2) is 0 Å². The van der Waals surface area contributed by atoms with Crippen LogP contribution in [0.5, 0.6) is 0 Å². The highest BCUT2D eigenvalue weighted by molar-refractivity contribution is 7.54. The quantitative estimate of drug-likeness (QED) is 0.300. The summed E-state index contributed by atoms with van der Waals surface area (Å²) in [5, 5.41) is 1.05. The van der Waals surface area contributed by atoms with Gasteiger partial charge in [0.05, 0.1) is 25.4 Å². The first-order valence-electron chi connectivity index (χ1n) is 10.4. The average Bonchev–Trinajstić information content (AvgIpc) is 2.82. The Morgan fingerprint density at radius 3 is 1.68 bits per heavy atom. The highest BCUT2D eigenvalue weighted by atomic mass is 35.5. The molecule has 34 heavy (non-hydrogen) atoms. The fourth-order valence-corrected chi connectivity index (χ4v) is 8.44. The van der Waals surface area contributed by atoms with E-state index in [2.05, 4.69) is 0 Å². The van der Waals surface area contributed by atoms with Gasteiger partial charge in [-0.3, -0.25) is 31.8 Å². The molecule has 4 rings (SSSR count). The van der Waals surface area contributed by atoms with Crippen molar-refractivity contribution in [2.45, 2.75) is 25.0 Å². The van der Waals surface area contributed by atoms with E-state index in [1.54, 1.807) is 48.5 Å². The Kier molecular flexibility index (Phi) is 9.11. The Bertz CT molecular complexity index is 1050. The van der Waals surface area contributed by atoms with E-state index in [0.29, 0.717) is 22.9 Å². The van der Waals surface area contributed by atoms with Crippen molar-refractivity contribution in [1.82, 2.24) is 0 Å². The van der Waals surface area contributed by atoms with Crippen molar-refractivity contribution in [3.63, 3.8) is 0 Å². The monoisotopic (exact) mass is 570 g/mol. The largest absolute Gasteiger partial charge is 0.357 e. The molecule has 2 aliphatic rings. The molecule has 0 amide bonds. The van der Waals surface area contributed by atoms with E-state index < -0.39 is 48.4 Å². The molecule has 2 fully saturated rings. The molecule has 2 aliphatic heterocycles. The first kappa shape index (κ1) is 26.5. The molecule has 0 spiro atoms. The number of hydrogen-bond donors (Lipinski definition) is 0. The van der Waals surface area contributed by atoms with E-state index in [1.807, 2.05) is 0 Å². The molecule has 186 valence electrons. The van der Waals surface area contributed by atoms with Gasteiger partial charge in [0.2, 0.25) is 0 Å². The number of halogens is 2. The van der Waals surface area contributed by atoms with Crippen molar-refractivity contribution < 1.29 is 40.8 Å². The Morgan fingerprint density at radius 2 is 1.26 bits per heavy atom. The van der Waals surface area contributed by atoms with E-state index in [9.17, 15) is 13.7 Å². The van der Waals surface area contributed by atoms with Crippen LogP contribution in [-0.4, -0.2) is 25.9 Å². The van der Waals surface area contributed by atoms with E-state index in [1.165, 1.54) is 0 Å². The van der Waals surface area contributed by atoms with Crippen molar-refractivity contribution in [1.29, 1.82) is 0 Å². The van der Waals surface area contributed by atoms with Crippen molar-refractivity contribution in [2.24, 2.45) is 0 Å². The Balaban J connectivity index is 1.28. The predicted molar refractivity (Wildman–Crippen MR) is 128 cm³/mol. The van der Waals surface area contributed by atoms with E-state index in [4.69, 9.17) is 50.3 Å². The minimum Gasteiger partial charge on any atom is -0.307 e. The molecule has 2 aromatic rings. The average molecular weight is 571 g/mol. The van der Waals surface area contributed by atoms with Gasteiger partial charge in [0.15, 0.2) is 12.7 Å². The van der Waals surface area contributed by atoms with Crippen molar-refractivity contribution >= 4 is 46.6 Å². The standard InChI is InChI=1S/C20H23Cl2O9P3/c21-17-5-1-3-15(11-17)19-7-9-28-33(24,30-19)13-26-32(23)27-14-34(25)29-10-8-20(31-34)16-4-2-6-18(22)12-16/h1-6,11-12,19-20,32H,7-10,13-14H2/t19-,20-,33?,34?/m0/s1. The topological polar surface area (TPSA) is 107 Å². The summed E-state index contributed by atoms with van der Waals surface area (Å²) in [6.07, 6.45) is -1.23. The van der Waals surface area contributed by atoms with Crippen LogP contribution in [0.2, 0.25) is 10.0 Å². The molecule has 0 N–H and O–H groups in total. The maximum atomic E-state index is 12.9. The van der Waals surface area contributed by atoms with Gasteiger partial charge in [0.1, 0.15) is 0 Å². The summed E-state index contributed by atoms with van der Waals surface area (Å²) in [6.45, 7) is 0.336. The molecule has 14 heteroatoms. The second-order valence-corrected chi connectivity index (χ2v) is 13.4. The molecule has 4 atom stereocenters. The lowest BCUT2D eigenvalue weighted by molar-refractivity contribution is 0.0679. The normalized spacial score (nSPS) is 30.6. The summed E-state index contributed by atoms with van der Waals surface area (Å²) >= 11 is 12.0. The lowest BCUT2D eigenvalue weighted by Gasteiger charge is -2.30. The number of benzene rings is 2. The summed E-state index contributed by atoms with van der Waals surface area (Å²) in [5.41, 5.74) is 1.50. The molecule has 0 aliphatic carbocycles. The summed E-state index contributed by atoms with van der Waals surface area (Å²) in [6, 6.07) is 14.0. The van der Waals surface area contributed by atoms with Crippen LogP contribution in [0.25, 0.3) is 0 Å². The van der Waals surface area contributed by atoms with Gasteiger partial charge in [-0.05, 0) is 35.4 Å². The molecule has 9 nitrogen and oxygen atoms in total. The molecule has 0 bridgehead atoms. The van der Waals surface area contributed by atoms with E-state index in [-0.39, 0.29) is 13.2 Å². The van der Waals surface area contributed by atoms with E-state index in [0.717, 1.165) is 11.1 Å². The summed E-state index contributed by atoms with van der Waals surface area (Å²) in [5.74, 6) is 0. The molecule has 2 heterocycles. The van der Waals surface area contributed by atoms with Gasteiger partial charge in [-0.1, -0.05) is 47.5 Å². The fourth-order valence-electron chi connectivity index (χ4n) is 3.46. The van der Waals surface area contributed by atoms with Crippen molar-refractivity contribution in [2.75, 3.05) is 25.9 Å². The van der Waals surface area contributed by atoms with Crippen LogP contribution in [0.15, 0.2) is 48.5 Å². The predicted octanol–water partition coefficient (Wildman–Crippen LogP) is 7.37. The smallest absolute Gasteiger partial charge is 0.307 e. The first-order valence-corrected chi connectivity index (χ1v) is 15.8. The first-order chi connectivity index (χ1) is 16.2. The second kappa shape index (κ2) is 11.7. The van der Waals surface area contributed by atoms with Crippen LogP contribution in [0.3, 0.4) is 0 Å². The molecule has 2 aromatic carbocycles. The fraction of sp³-hybridized carbons (Fsp3) is 0.400. The molecule has 2 saturated heterocycles. The molecule has 0 radical (unpaired) electrons. The third-order valence-electron chi connectivity index (χ3n) is 5.03. The lowest BCUT2D eigenvalue weighted by atomic mass is 10.1. The molecule has 0 aromatic heterocycles. The maximum Gasteiger partial charge on any atom is 0.357 e. The van der Waals surface area contributed by atoms with Gasteiger partial charge in [-0.15, -0.1) is 0 Å². The van der Waals surface area contributed by atoms with Crippen LogP contribution >= 0.6 is 46.6 Å². The molecular formula is C20H23Cl2O9P3. The summed E-state index contributed by atoms with van der Waals surface area (Å²) in [4.78, 5) is 0. The third kappa shape index (κ3) is 7.25. The van der Waals surface area contributed by atoms with Gasteiger partial charge in [-0.2, -0.15) is 0 Å². The molecular weight excluding hydrogens is 548 g/mol. The third-order valence-corrected chi connectivity index (χ3v) is 9.94. The number of rotatable bonds is 8. The van der Waals surface area contributed by atoms with Gasteiger partial charge in [0.25, 0.3) is 0 Å². The zero-order valence-corrected chi connectivity index (χ0v) is 22.1. The van der Waals surface area contributed by atoms with Gasteiger partial charge in [0, 0.05) is 22.9 Å². The van der Waals surface area contributed by atoms with Crippen molar-refractivity contribution in [3.8, 4) is 0 Å². The van der Waals surface area contributed by atoms with Gasteiger partial charge >= 0.3 is 23.4 Å². The Labute approximate surface area is 207 Å². The maximum absolute atomic E-state index is 12.9. The summed E-state index contributed by atoms with van der Waals surface area (Å²) in [7, 11) is -10.6. The Hall–Kier alpha value is -0.530. The van der Waals surface area contributed by atoms with Crippen LogP contribution in [0.1, 0.15) is 36.2 Å². The summed E-state index contributed by atoms with van der Waals surface area (Å²) < 4.78 is 70.0. The van der Waals surface area contributed by atoms with Crippen molar-refractivity contribution in [3.05, 3.63) is 69.7 Å². The van der Waals surface area contributed by atoms with Crippen LogP contribution in [0.4, 0.5) is 0 Å². The van der Waals surface area contributed by atoms with Crippen LogP contribution in [0, 0.1) is 0 Å². The zero-order valence-electron chi connectivity index (χ0n) is 17.8. The van der Waals surface area contributed by atoms with Crippen LogP contribution in [-0.2, 0) is 40.8 Å². The lowest BCUT2D eigenvalue weighted by Crippen LogP contribution is -2.16. The van der Waals surface area contributed by atoms with E-state index >= 15 is 0 Å². The Morgan fingerprint density at radius 1 is 0.824 bits per heavy atom. The zero-order chi connectivity index (χ0) is 24.2. The SMILES string of the molecule is O=[PH](OCP1(=O)OCC[C@@H](c2cccc(Cl)c2)O1)OCP1(=O)OCC[C@@H](c2cccc(Cl)c2)O1. The minimum atomic E-state index is -3.70. The highest BCUT2D eigenvalue weighted by Gasteiger charge is 2.37. The molecule has 2 unspecified atom stereocenters. The molecule has 0 saturated carbocycles.